The SMILES string of the molecule is CC(C)N(CC1CCCNC1)C(=O)c1ccc(Br)c(F)c1. The summed E-state index contributed by atoms with van der Waals surface area (Å²) in [5, 5.41) is 3.37. The first-order chi connectivity index (χ1) is 9.99. The van der Waals surface area contributed by atoms with Crippen LogP contribution in [-0.4, -0.2) is 36.5 Å². The van der Waals surface area contributed by atoms with Gasteiger partial charge in [-0.25, -0.2) is 4.39 Å². The summed E-state index contributed by atoms with van der Waals surface area (Å²) in [4.78, 5) is 14.5. The molecule has 1 aliphatic heterocycles. The van der Waals surface area contributed by atoms with Crippen LogP contribution in [0, 0.1) is 11.7 Å². The summed E-state index contributed by atoms with van der Waals surface area (Å²) in [6, 6.07) is 4.67. The fourth-order valence-corrected chi connectivity index (χ4v) is 2.93. The highest BCUT2D eigenvalue weighted by Crippen LogP contribution is 2.20. The molecule has 1 atom stereocenters. The molecule has 5 heteroatoms. The summed E-state index contributed by atoms with van der Waals surface area (Å²) >= 11 is 3.12. The van der Waals surface area contributed by atoms with Crippen LogP contribution in [0.4, 0.5) is 4.39 Å². The Morgan fingerprint density at radius 3 is 2.86 bits per heavy atom. The maximum absolute atomic E-state index is 13.6. The Morgan fingerprint density at radius 1 is 1.52 bits per heavy atom. The number of halogens is 2. The van der Waals surface area contributed by atoms with Gasteiger partial charge < -0.3 is 10.2 Å². The van der Waals surface area contributed by atoms with E-state index in [0.29, 0.717) is 16.0 Å². The third kappa shape index (κ3) is 4.27. The molecule has 1 aliphatic rings. The van der Waals surface area contributed by atoms with Crippen LogP contribution in [0.1, 0.15) is 37.0 Å². The van der Waals surface area contributed by atoms with Crippen molar-refractivity contribution in [2.24, 2.45) is 5.92 Å². The van der Waals surface area contributed by atoms with E-state index in [1.807, 2.05) is 18.7 Å². The molecule has 1 amide bonds. The van der Waals surface area contributed by atoms with Crippen molar-refractivity contribution in [3.05, 3.63) is 34.1 Å². The summed E-state index contributed by atoms with van der Waals surface area (Å²) in [7, 11) is 0. The van der Waals surface area contributed by atoms with Crippen LogP contribution in [0.2, 0.25) is 0 Å². The average Bonchev–Trinajstić information content (AvgIpc) is 2.47. The number of benzene rings is 1. The van der Waals surface area contributed by atoms with Gasteiger partial charge in [-0.15, -0.1) is 0 Å². The van der Waals surface area contributed by atoms with Gasteiger partial charge in [0.05, 0.1) is 4.47 Å². The van der Waals surface area contributed by atoms with Gasteiger partial charge >= 0.3 is 0 Å². The van der Waals surface area contributed by atoms with Crippen molar-refractivity contribution in [1.82, 2.24) is 10.2 Å². The van der Waals surface area contributed by atoms with Crippen LogP contribution >= 0.6 is 15.9 Å². The largest absolute Gasteiger partial charge is 0.336 e. The van der Waals surface area contributed by atoms with Crippen LogP contribution in [0.3, 0.4) is 0 Å². The predicted molar refractivity (Wildman–Crippen MR) is 85.9 cm³/mol. The fraction of sp³-hybridized carbons (Fsp3) is 0.562. The van der Waals surface area contributed by atoms with Crippen LogP contribution in [0.15, 0.2) is 22.7 Å². The summed E-state index contributed by atoms with van der Waals surface area (Å²) in [6.45, 7) is 6.74. The molecule has 1 saturated heterocycles. The zero-order valence-electron chi connectivity index (χ0n) is 12.5. The smallest absolute Gasteiger partial charge is 0.254 e. The van der Waals surface area contributed by atoms with Crippen molar-refractivity contribution in [1.29, 1.82) is 0 Å². The lowest BCUT2D eigenvalue weighted by Gasteiger charge is -2.33. The Morgan fingerprint density at radius 2 is 2.29 bits per heavy atom. The van der Waals surface area contributed by atoms with E-state index in [0.717, 1.165) is 32.5 Å². The summed E-state index contributed by atoms with van der Waals surface area (Å²) in [6.07, 6.45) is 2.29. The summed E-state index contributed by atoms with van der Waals surface area (Å²) < 4.78 is 14.0. The van der Waals surface area contributed by atoms with Crippen molar-refractivity contribution in [3.8, 4) is 0 Å². The molecule has 1 N–H and O–H groups in total. The number of carbonyl (C=O) groups is 1. The van der Waals surface area contributed by atoms with Crippen LogP contribution in [0.5, 0.6) is 0 Å². The highest BCUT2D eigenvalue weighted by molar-refractivity contribution is 9.10. The first-order valence-electron chi connectivity index (χ1n) is 7.45. The Bertz CT molecular complexity index is 501. The van der Waals surface area contributed by atoms with Gasteiger partial charge in [-0.1, -0.05) is 0 Å². The second-order valence-corrected chi connectivity index (χ2v) is 6.75. The van der Waals surface area contributed by atoms with Crippen molar-refractivity contribution in [2.75, 3.05) is 19.6 Å². The van der Waals surface area contributed by atoms with E-state index >= 15 is 0 Å². The number of rotatable bonds is 4. The van der Waals surface area contributed by atoms with Crippen LogP contribution < -0.4 is 5.32 Å². The third-order valence-electron chi connectivity index (χ3n) is 3.90. The van der Waals surface area contributed by atoms with Crippen molar-refractivity contribution in [3.63, 3.8) is 0 Å². The number of hydrogen-bond donors (Lipinski definition) is 1. The zero-order chi connectivity index (χ0) is 15.4. The highest BCUT2D eigenvalue weighted by atomic mass is 79.9. The Kier molecular flexibility index (Phi) is 5.76. The molecule has 1 fully saturated rings. The molecule has 1 unspecified atom stereocenters. The molecule has 21 heavy (non-hydrogen) atoms. The molecule has 0 aliphatic carbocycles. The average molecular weight is 357 g/mol. The third-order valence-corrected chi connectivity index (χ3v) is 4.55. The topological polar surface area (TPSA) is 32.3 Å². The maximum Gasteiger partial charge on any atom is 0.254 e. The van der Waals surface area contributed by atoms with Gasteiger partial charge in [0.2, 0.25) is 0 Å². The number of nitrogens with zero attached hydrogens (tertiary/aromatic N) is 1. The Balaban J connectivity index is 2.12. The minimum absolute atomic E-state index is 0.0954. The first-order valence-corrected chi connectivity index (χ1v) is 8.25. The summed E-state index contributed by atoms with van der Waals surface area (Å²) in [5.41, 5.74) is 0.410. The molecule has 3 nitrogen and oxygen atoms in total. The molecule has 1 heterocycles. The molecular weight excluding hydrogens is 335 g/mol. The number of hydrogen-bond acceptors (Lipinski definition) is 2. The number of nitrogens with one attached hydrogen (secondary N) is 1. The molecular formula is C16H22BrFN2O. The van der Waals surface area contributed by atoms with Gasteiger partial charge in [-0.05, 0) is 79.8 Å². The molecule has 0 aromatic heterocycles. The van der Waals surface area contributed by atoms with E-state index in [1.54, 1.807) is 12.1 Å². The van der Waals surface area contributed by atoms with Crippen molar-refractivity contribution >= 4 is 21.8 Å². The van der Waals surface area contributed by atoms with Gasteiger partial charge in [-0.2, -0.15) is 0 Å². The Labute approximate surface area is 134 Å². The lowest BCUT2D eigenvalue weighted by atomic mass is 9.98. The molecule has 0 saturated carbocycles. The monoisotopic (exact) mass is 356 g/mol. The second kappa shape index (κ2) is 7.36. The summed E-state index contributed by atoms with van der Waals surface area (Å²) in [5.74, 6) is -0.0174. The molecule has 0 radical (unpaired) electrons. The van der Waals surface area contributed by atoms with Gasteiger partial charge in [0.25, 0.3) is 5.91 Å². The first kappa shape index (κ1) is 16.4. The molecule has 1 aromatic rings. The zero-order valence-corrected chi connectivity index (χ0v) is 14.1. The maximum atomic E-state index is 13.6. The second-order valence-electron chi connectivity index (χ2n) is 5.89. The molecule has 2 rings (SSSR count). The van der Waals surface area contributed by atoms with Crippen molar-refractivity contribution < 1.29 is 9.18 Å². The van der Waals surface area contributed by atoms with E-state index in [9.17, 15) is 9.18 Å². The van der Waals surface area contributed by atoms with Gasteiger partial charge in [0, 0.05) is 18.2 Å². The van der Waals surface area contributed by atoms with E-state index in [4.69, 9.17) is 0 Å². The van der Waals surface area contributed by atoms with E-state index in [-0.39, 0.29) is 11.9 Å². The quantitative estimate of drug-likeness (QED) is 0.895. The van der Waals surface area contributed by atoms with Gasteiger partial charge in [-0.3, -0.25) is 4.79 Å². The lowest BCUT2D eigenvalue weighted by Crippen LogP contribution is -2.44. The number of amides is 1. The standard InChI is InChI=1S/C16H22BrFN2O/c1-11(2)20(10-12-4-3-7-19-9-12)16(21)13-5-6-14(17)15(18)8-13/h5-6,8,11-12,19H,3-4,7,9-10H2,1-2H3. The number of carbonyl (C=O) groups excluding carboxylic acids is 1. The van der Waals surface area contributed by atoms with Crippen LogP contribution in [0.25, 0.3) is 0 Å². The predicted octanol–water partition coefficient (Wildman–Crippen LogP) is 3.44. The van der Waals surface area contributed by atoms with Crippen molar-refractivity contribution in [2.45, 2.75) is 32.7 Å². The Hall–Kier alpha value is -0.940. The minimum Gasteiger partial charge on any atom is -0.336 e. The number of piperidine rings is 1. The van der Waals surface area contributed by atoms with Gasteiger partial charge in [0.1, 0.15) is 5.82 Å². The van der Waals surface area contributed by atoms with Gasteiger partial charge in [0.15, 0.2) is 0 Å². The van der Waals surface area contributed by atoms with E-state index in [2.05, 4.69) is 21.2 Å². The molecule has 0 spiro atoms. The normalized spacial score (nSPS) is 18.8. The minimum atomic E-state index is -0.399. The highest BCUT2D eigenvalue weighted by Gasteiger charge is 2.24. The molecule has 116 valence electrons. The lowest BCUT2D eigenvalue weighted by molar-refractivity contribution is 0.0660. The van der Waals surface area contributed by atoms with E-state index in [1.165, 1.54) is 6.07 Å². The van der Waals surface area contributed by atoms with Crippen LogP contribution in [-0.2, 0) is 0 Å². The van der Waals surface area contributed by atoms with E-state index < -0.39 is 5.82 Å². The fourth-order valence-electron chi connectivity index (χ4n) is 2.68. The molecule has 1 aromatic carbocycles. The molecule has 0 bridgehead atoms.